The summed E-state index contributed by atoms with van der Waals surface area (Å²) in [6.45, 7) is 0.878. The fraction of sp³-hybridized carbons (Fsp3) is 0.400. The average Bonchev–Trinajstić information content (AvgIpc) is 3.70. The number of hydrogen-bond acceptors (Lipinski definition) is 8. The van der Waals surface area contributed by atoms with Crippen LogP contribution in [0, 0.1) is 5.92 Å². The molecule has 3 aromatic carbocycles. The number of carbonyl (C=O) groups is 3. The number of rotatable bonds is 4. The molecule has 1 aliphatic carbocycles. The number of nitrogens with one attached hydrogen (secondary N) is 2. The number of piperidine rings is 1. The minimum Gasteiger partial charge on any atom is -0.496 e. The molecule has 5 heterocycles. The van der Waals surface area contributed by atoms with E-state index in [1.165, 1.54) is 19.1 Å². The highest BCUT2D eigenvalue weighted by atomic mass is 19.3. The number of hydrogen-bond donors (Lipinski definition) is 2. The number of benzene rings is 3. The zero-order valence-electron chi connectivity index (χ0n) is 26.7. The number of methoxy groups -OCH3 is 2. The van der Waals surface area contributed by atoms with Crippen molar-refractivity contribution in [1.82, 2.24) is 15.5 Å². The first-order valence-electron chi connectivity index (χ1n) is 15.8. The molecule has 9 rings (SSSR count). The summed E-state index contributed by atoms with van der Waals surface area (Å²) in [5.41, 5.74) is -0.300. The normalized spacial score (nSPS) is 20.2. The number of nitrogens with zero attached hydrogens (tertiary/aromatic N) is 1. The number of likely N-dealkylation sites (tertiary alicyclic amines) is 1. The van der Waals surface area contributed by atoms with Crippen molar-refractivity contribution in [2.75, 3.05) is 40.5 Å². The van der Waals surface area contributed by atoms with Crippen LogP contribution in [0.5, 0.6) is 34.5 Å². The van der Waals surface area contributed by atoms with E-state index in [4.69, 9.17) is 23.7 Å². The monoisotopic (exact) mass is 665 g/mol. The van der Waals surface area contributed by atoms with Gasteiger partial charge in [0.1, 0.15) is 29.6 Å². The summed E-state index contributed by atoms with van der Waals surface area (Å²) in [5, 5.41) is 5.80. The maximum atomic E-state index is 13.9. The molecule has 254 valence electrons. The van der Waals surface area contributed by atoms with Crippen molar-refractivity contribution in [3.05, 3.63) is 71.8 Å². The lowest BCUT2D eigenvalue weighted by Gasteiger charge is -2.40. The molecule has 1 spiro atoms. The highest BCUT2D eigenvalue weighted by molar-refractivity contribution is 5.95. The lowest BCUT2D eigenvalue weighted by molar-refractivity contribution is -0.147. The van der Waals surface area contributed by atoms with Gasteiger partial charge in [-0.05, 0) is 54.6 Å². The predicted octanol–water partition coefficient (Wildman–Crippen LogP) is 4.72. The molecule has 13 heteroatoms. The second-order valence-electron chi connectivity index (χ2n) is 12.0. The third-order valence-electron chi connectivity index (χ3n) is 8.86. The van der Waals surface area contributed by atoms with Crippen LogP contribution in [0.1, 0.15) is 41.6 Å². The summed E-state index contributed by atoms with van der Waals surface area (Å²) < 4.78 is 56.3. The largest absolute Gasteiger partial charge is 0.496 e. The quantitative estimate of drug-likeness (QED) is 0.411. The summed E-state index contributed by atoms with van der Waals surface area (Å²) in [6, 6.07) is 16.8. The van der Waals surface area contributed by atoms with Crippen molar-refractivity contribution in [2.45, 2.75) is 43.8 Å². The van der Waals surface area contributed by atoms with Crippen LogP contribution < -0.4 is 34.3 Å². The molecule has 5 aliphatic heterocycles. The number of carbonyl (C=O) groups excluding carboxylic acids is 3. The summed E-state index contributed by atoms with van der Waals surface area (Å²) >= 11 is 0. The number of amides is 3. The first-order chi connectivity index (χ1) is 23.1. The zero-order valence-corrected chi connectivity index (χ0v) is 26.7. The Kier molecular flexibility index (Phi) is 9.29. The van der Waals surface area contributed by atoms with Crippen LogP contribution in [-0.2, 0) is 16.1 Å². The van der Waals surface area contributed by atoms with Gasteiger partial charge in [0.25, 0.3) is 17.7 Å². The van der Waals surface area contributed by atoms with Crippen molar-refractivity contribution >= 4 is 17.7 Å². The maximum Gasteiger partial charge on any atom is 0.264 e. The number of alkyl halides is 2. The topological polar surface area (TPSA) is 125 Å². The second kappa shape index (κ2) is 13.6. The van der Waals surface area contributed by atoms with Gasteiger partial charge in [0, 0.05) is 68.4 Å². The van der Waals surface area contributed by atoms with Crippen LogP contribution in [-0.4, -0.2) is 74.6 Å². The first kappa shape index (κ1) is 32.9. The second-order valence-corrected chi connectivity index (χ2v) is 12.0. The predicted molar refractivity (Wildman–Crippen MR) is 169 cm³/mol. The first-order valence-corrected chi connectivity index (χ1v) is 15.8. The van der Waals surface area contributed by atoms with Crippen molar-refractivity contribution in [1.29, 1.82) is 0 Å². The highest BCUT2D eigenvalue weighted by Crippen LogP contribution is 2.51. The van der Waals surface area contributed by atoms with Gasteiger partial charge in [0.2, 0.25) is 5.91 Å². The van der Waals surface area contributed by atoms with Crippen molar-refractivity contribution in [3.63, 3.8) is 0 Å². The van der Waals surface area contributed by atoms with Crippen LogP contribution in [0.15, 0.2) is 60.7 Å². The van der Waals surface area contributed by atoms with Crippen molar-refractivity contribution in [3.8, 4) is 34.5 Å². The van der Waals surface area contributed by atoms with Gasteiger partial charge in [-0.2, -0.15) is 0 Å². The van der Waals surface area contributed by atoms with Crippen LogP contribution in [0.25, 0.3) is 0 Å². The Morgan fingerprint density at radius 1 is 0.917 bits per heavy atom. The third kappa shape index (κ3) is 7.24. The van der Waals surface area contributed by atoms with Gasteiger partial charge in [0.15, 0.2) is 17.1 Å². The summed E-state index contributed by atoms with van der Waals surface area (Å²) in [4.78, 5) is 41.1. The average molecular weight is 666 g/mol. The van der Waals surface area contributed by atoms with E-state index >= 15 is 0 Å². The van der Waals surface area contributed by atoms with Crippen LogP contribution in [0.3, 0.4) is 0 Å². The van der Waals surface area contributed by atoms with E-state index < -0.39 is 17.4 Å². The molecule has 2 N–H and O–H groups in total. The molecule has 3 amide bonds. The molecule has 6 aliphatic rings. The van der Waals surface area contributed by atoms with Crippen LogP contribution in [0.2, 0.25) is 0 Å². The van der Waals surface area contributed by atoms with E-state index in [0.717, 1.165) is 0 Å². The molecule has 1 saturated heterocycles. The van der Waals surface area contributed by atoms with Gasteiger partial charge in [-0.3, -0.25) is 14.4 Å². The zero-order chi connectivity index (χ0) is 33.9. The third-order valence-corrected chi connectivity index (χ3v) is 8.86. The Hall–Kier alpha value is -5.07. The standard InChI is InChI=1S/C35H37F2N3O8/c1-44-28-10-4-22-17-30(28)47-27-5-3-23(29(19-27)45-2)21-39-33(43)34(11-14-40(15-12-34)31(41)18-24-20-35(24,36)37)48-26-8-6-25(7-9-26)46-16-13-38-32(22)42/h3-10,17,19,24H,11-16,18,20-21H2,1-2H3,(H,38,42)(H,39,43). The molecular formula is C35H37F2N3O8. The molecule has 0 radical (unpaired) electrons. The maximum absolute atomic E-state index is 13.9. The SMILES string of the molecule is COc1cc2ccc1CNC(=O)C1(CCN(C(=O)CC3CC3(F)F)CC1)Oc1ccc(cc1)OCCNC(=O)c1ccc(OC)c(c1)O2. The van der Waals surface area contributed by atoms with E-state index in [-0.39, 0.29) is 76.2 Å². The molecule has 0 aromatic heterocycles. The Morgan fingerprint density at radius 3 is 2.29 bits per heavy atom. The van der Waals surface area contributed by atoms with E-state index in [2.05, 4.69) is 10.6 Å². The van der Waals surface area contributed by atoms with Crippen LogP contribution >= 0.6 is 0 Å². The van der Waals surface area contributed by atoms with Gasteiger partial charge in [-0.15, -0.1) is 0 Å². The molecule has 1 saturated carbocycles. The summed E-state index contributed by atoms with van der Waals surface area (Å²) in [6.07, 6.45) is -0.160. The lowest BCUT2D eigenvalue weighted by Crippen LogP contribution is -2.58. The van der Waals surface area contributed by atoms with E-state index in [0.29, 0.717) is 45.6 Å². The number of ether oxygens (including phenoxy) is 5. The van der Waals surface area contributed by atoms with Gasteiger partial charge < -0.3 is 39.2 Å². The van der Waals surface area contributed by atoms with Crippen LogP contribution in [0.4, 0.5) is 8.78 Å². The fourth-order valence-corrected chi connectivity index (χ4v) is 5.88. The molecule has 2 fully saturated rings. The van der Waals surface area contributed by atoms with Gasteiger partial charge >= 0.3 is 0 Å². The molecular weight excluding hydrogens is 628 g/mol. The fourth-order valence-electron chi connectivity index (χ4n) is 5.88. The Bertz CT molecular complexity index is 1670. The van der Waals surface area contributed by atoms with Crippen molar-refractivity contribution < 1.29 is 46.8 Å². The van der Waals surface area contributed by atoms with Gasteiger partial charge in [0.05, 0.1) is 20.8 Å². The molecule has 6 bridgehead atoms. The Morgan fingerprint density at radius 2 is 1.60 bits per heavy atom. The van der Waals surface area contributed by atoms with E-state index in [9.17, 15) is 23.2 Å². The molecule has 1 unspecified atom stereocenters. The smallest absolute Gasteiger partial charge is 0.264 e. The summed E-state index contributed by atoms with van der Waals surface area (Å²) in [7, 11) is 3.00. The molecule has 11 nitrogen and oxygen atoms in total. The van der Waals surface area contributed by atoms with Gasteiger partial charge in [-0.25, -0.2) is 8.78 Å². The molecule has 48 heavy (non-hydrogen) atoms. The number of halogens is 2. The van der Waals surface area contributed by atoms with E-state index in [1.54, 1.807) is 60.7 Å². The highest BCUT2D eigenvalue weighted by Gasteiger charge is 2.57. The summed E-state index contributed by atoms with van der Waals surface area (Å²) in [5.74, 6) is -2.19. The van der Waals surface area contributed by atoms with Gasteiger partial charge in [-0.1, -0.05) is 0 Å². The molecule has 1 atom stereocenters. The minimum absolute atomic E-state index is 0.0958. The Labute approximate surface area is 276 Å². The minimum atomic E-state index is -2.78. The van der Waals surface area contributed by atoms with Crippen molar-refractivity contribution in [2.24, 2.45) is 5.92 Å². The molecule has 3 aromatic rings. The van der Waals surface area contributed by atoms with E-state index in [1.807, 2.05) is 0 Å². The lowest BCUT2D eigenvalue weighted by atomic mass is 9.89. The Balaban J connectivity index is 1.25.